The van der Waals surface area contributed by atoms with Crippen LogP contribution >= 0.6 is 24.8 Å². The largest absolute Gasteiger partial charge is 0.378 e. The number of rotatable bonds is 6. The Labute approximate surface area is 162 Å². The first kappa shape index (κ1) is 22.0. The van der Waals surface area contributed by atoms with Crippen LogP contribution in [0.2, 0.25) is 0 Å². The van der Waals surface area contributed by atoms with Gasteiger partial charge in [-0.1, -0.05) is 18.2 Å². The molecule has 2 N–H and O–H groups in total. The molecule has 0 spiro atoms. The Morgan fingerprint density at radius 2 is 2.00 bits per heavy atom. The molecular formula is C18H29Cl2N3O2. The minimum atomic E-state index is 0. The highest BCUT2D eigenvalue weighted by atomic mass is 35.5. The lowest BCUT2D eigenvalue weighted by Crippen LogP contribution is -2.37. The van der Waals surface area contributed by atoms with Crippen LogP contribution in [0.25, 0.3) is 0 Å². The molecule has 0 bridgehead atoms. The number of halogens is 2. The van der Waals surface area contributed by atoms with Gasteiger partial charge < -0.3 is 20.3 Å². The van der Waals surface area contributed by atoms with Gasteiger partial charge in [-0.25, -0.2) is 0 Å². The molecule has 5 nitrogen and oxygen atoms in total. The molecule has 1 unspecified atom stereocenters. The predicted molar refractivity (Wildman–Crippen MR) is 106 cm³/mol. The summed E-state index contributed by atoms with van der Waals surface area (Å²) < 4.78 is 5.42. The van der Waals surface area contributed by atoms with Crippen molar-refractivity contribution < 1.29 is 9.53 Å². The Morgan fingerprint density at radius 3 is 2.72 bits per heavy atom. The fourth-order valence-corrected chi connectivity index (χ4v) is 3.35. The monoisotopic (exact) mass is 389 g/mol. The normalized spacial score (nSPS) is 19.7. The van der Waals surface area contributed by atoms with Gasteiger partial charge in [0.15, 0.2) is 0 Å². The zero-order valence-electron chi connectivity index (χ0n) is 14.5. The SMILES string of the molecule is Cl.Cl.O=C(CCC1CCNC1)NCc1ccccc1N1CCOCC1. The van der Waals surface area contributed by atoms with Crippen molar-refractivity contribution in [2.45, 2.75) is 25.8 Å². The highest BCUT2D eigenvalue weighted by Crippen LogP contribution is 2.21. The van der Waals surface area contributed by atoms with E-state index in [1.54, 1.807) is 0 Å². The molecule has 0 radical (unpaired) electrons. The van der Waals surface area contributed by atoms with E-state index < -0.39 is 0 Å². The number of carbonyl (C=O) groups is 1. The number of ether oxygens (including phenoxy) is 1. The molecule has 2 fully saturated rings. The van der Waals surface area contributed by atoms with Crippen molar-refractivity contribution in [1.82, 2.24) is 10.6 Å². The van der Waals surface area contributed by atoms with E-state index >= 15 is 0 Å². The summed E-state index contributed by atoms with van der Waals surface area (Å²) in [6.45, 7) is 6.15. The minimum absolute atomic E-state index is 0. The van der Waals surface area contributed by atoms with Crippen molar-refractivity contribution in [3.8, 4) is 0 Å². The number of nitrogens with zero attached hydrogens (tertiary/aromatic N) is 1. The Morgan fingerprint density at radius 1 is 1.24 bits per heavy atom. The third-order valence-corrected chi connectivity index (χ3v) is 4.76. The molecule has 1 atom stereocenters. The van der Waals surface area contributed by atoms with Gasteiger partial charge in [-0.15, -0.1) is 24.8 Å². The van der Waals surface area contributed by atoms with Gasteiger partial charge in [-0.05, 0) is 43.5 Å². The Kier molecular flexibility index (Phi) is 10.2. The summed E-state index contributed by atoms with van der Waals surface area (Å²) in [5.74, 6) is 0.829. The van der Waals surface area contributed by atoms with E-state index in [1.807, 2.05) is 6.07 Å². The summed E-state index contributed by atoms with van der Waals surface area (Å²) in [4.78, 5) is 14.4. The van der Waals surface area contributed by atoms with Gasteiger partial charge >= 0.3 is 0 Å². The summed E-state index contributed by atoms with van der Waals surface area (Å²) in [5, 5.41) is 6.44. The average molecular weight is 390 g/mol. The lowest BCUT2D eigenvalue weighted by atomic mass is 10.0. The zero-order valence-corrected chi connectivity index (χ0v) is 16.2. The molecule has 25 heavy (non-hydrogen) atoms. The summed E-state index contributed by atoms with van der Waals surface area (Å²) >= 11 is 0. The first-order valence-corrected chi connectivity index (χ1v) is 8.71. The van der Waals surface area contributed by atoms with E-state index in [0.717, 1.165) is 45.8 Å². The Balaban J connectivity index is 0.00000156. The van der Waals surface area contributed by atoms with E-state index in [4.69, 9.17) is 4.74 Å². The fraction of sp³-hybridized carbons (Fsp3) is 0.611. The van der Waals surface area contributed by atoms with Crippen molar-refractivity contribution in [1.29, 1.82) is 0 Å². The molecule has 7 heteroatoms. The Bertz CT molecular complexity index is 519. The van der Waals surface area contributed by atoms with Gasteiger partial charge in [0.1, 0.15) is 0 Å². The second-order valence-corrected chi connectivity index (χ2v) is 6.40. The van der Waals surface area contributed by atoms with Crippen molar-refractivity contribution in [3.63, 3.8) is 0 Å². The van der Waals surface area contributed by atoms with E-state index in [-0.39, 0.29) is 30.7 Å². The highest BCUT2D eigenvalue weighted by molar-refractivity contribution is 5.85. The number of benzene rings is 1. The molecule has 1 amide bonds. The molecule has 142 valence electrons. The highest BCUT2D eigenvalue weighted by Gasteiger charge is 2.17. The lowest BCUT2D eigenvalue weighted by molar-refractivity contribution is -0.121. The van der Waals surface area contributed by atoms with Crippen LogP contribution in [0, 0.1) is 5.92 Å². The number of carbonyl (C=O) groups excluding carboxylic acids is 1. The van der Waals surface area contributed by atoms with Crippen molar-refractivity contribution in [3.05, 3.63) is 29.8 Å². The molecular weight excluding hydrogens is 361 g/mol. The third-order valence-electron chi connectivity index (χ3n) is 4.76. The number of para-hydroxylation sites is 1. The first-order chi connectivity index (χ1) is 11.3. The molecule has 0 saturated carbocycles. The van der Waals surface area contributed by atoms with Crippen molar-refractivity contribution >= 4 is 36.4 Å². The molecule has 1 aromatic rings. The maximum atomic E-state index is 12.1. The van der Waals surface area contributed by atoms with Crippen LogP contribution in [0.5, 0.6) is 0 Å². The third kappa shape index (κ3) is 6.66. The zero-order chi connectivity index (χ0) is 15.9. The predicted octanol–water partition coefficient (Wildman–Crippen LogP) is 2.37. The van der Waals surface area contributed by atoms with Gasteiger partial charge in [0.05, 0.1) is 13.2 Å². The summed E-state index contributed by atoms with van der Waals surface area (Å²) in [6, 6.07) is 8.34. The smallest absolute Gasteiger partial charge is 0.220 e. The van der Waals surface area contributed by atoms with Gasteiger partial charge in [-0.2, -0.15) is 0 Å². The van der Waals surface area contributed by atoms with Crippen LogP contribution in [0.15, 0.2) is 24.3 Å². The molecule has 2 heterocycles. The molecule has 2 aliphatic rings. The molecule has 0 aromatic heterocycles. The first-order valence-electron chi connectivity index (χ1n) is 8.71. The molecule has 1 aromatic carbocycles. The molecule has 0 aliphatic carbocycles. The van der Waals surface area contributed by atoms with Crippen molar-refractivity contribution in [2.75, 3.05) is 44.3 Å². The second kappa shape index (κ2) is 11.6. The van der Waals surface area contributed by atoms with Gasteiger partial charge in [0.25, 0.3) is 0 Å². The van der Waals surface area contributed by atoms with Gasteiger partial charge in [-0.3, -0.25) is 4.79 Å². The lowest BCUT2D eigenvalue weighted by Gasteiger charge is -2.30. The number of hydrogen-bond donors (Lipinski definition) is 2. The van der Waals surface area contributed by atoms with Gasteiger partial charge in [0.2, 0.25) is 5.91 Å². The van der Waals surface area contributed by atoms with E-state index in [1.165, 1.54) is 17.7 Å². The number of nitrogens with one attached hydrogen (secondary N) is 2. The second-order valence-electron chi connectivity index (χ2n) is 6.40. The number of amides is 1. The minimum Gasteiger partial charge on any atom is -0.378 e. The van der Waals surface area contributed by atoms with Gasteiger partial charge in [0, 0.05) is 31.7 Å². The maximum absolute atomic E-state index is 12.1. The van der Waals surface area contributed by atoms with E-state index in [9.17, 15) is 4.79 Å². The van der Waals surface area contributed by atoms with Crippen LogP contribution in [0.1, 0.15) is 24.8 Å². The number of morpholine rings is 1. The summed E-state index contributed by atoms with van der Waals surface area (Å²) in [7, 11) is 0. The quantitative estimate of drug-likeness (QED) is 0.783. The fourth-order valence-electron chi connectivity index (χ4n) is 3.35. The van der Waals surface area contributed by atoms with E-state index in [0.29, 0.717) is 18.9 Å². The molecule has 3 rings (SSSR count). The van der Waals surface area contributed by atoms with Crippen molar-refractivity contribution in [2.24, 2.45) is 5.92 Å². The van der Waals surface area contributed by atoms with Crippen LogP contribution in [0.4, 0.5) is 5.69 Å². The van der Waals surface area contributed by atoms with Crippen LogP contribution in [-0.4, -0.2) is 45.3 Å². The van der Waals surface area contributed by atoms with Crippen LogP contribution in [0.3, 0.4) is 0 Å². The number of anilines is 1. The Hall–Kier alpha value is -1.01. The summed E-state index contributed by atoms with van der Waals surface area (Å²) in [6.07, 6.45) is 2.82. The summed E-state index contributed by atoms with van der Waals surface area (Å²) in [5.41, 5.74) is 2.40. The molecule has 2 aliphatic heterocycles. The maximum Gasteiger partial charge on any atom is 0.220 e. The standard InChI is InChI=1S/C18H27N3O2.2ClH/c22-18(6-5-15-7-8-19-13-15)20-14-16-3-1-2-4-17(16)21-9-11-23-12-10-21;;/h1-4,15,19H,5-14H2,(H,20,22);2*1H. The van der Waals surface area contributed by atoms with E-state index in [2.05, 4.69) is 33.7 Å². The van der Waals surface area contributed by atoms with Crippen LogP contribution < -0.4 is 15.5 Å². The topological polar surface area (TPSA) is 53.6 Å². The average Bonchev–Trinajstić information content (AvgIpc) is 3.13. The number of hydrogen-bond acceptors (Lipinski definition) is 4. The van der Waals surface area contributed by atoms with Crippen LogP contribution in [-0.2, 0) is 16.1 Å². The molecule has 2 saturated heterocycles.